The molecule has 0 unspecified atom stereocenters. The molecule has 0 spiro atoms. The summed E-state index contributed by atoms with van der Waals surface area (Å²) in [5, 5.41) is 0. The topological polar surface area (TPSA) is 26.3 Å². The average molecular weight is 270 g/mol. The minimum absolute atomic E-state index is 0.140. The van der Waals surface area contributed by atoms with E-state index in [4.69, 9.17) is 4.74 Å². The fourth-order valence-corrected chi connectivity index (χ4v) is 2.44. The molecule has 0 amide bonds. The van der Waals surface area contributed by atoms with Gasteiger partial charge in [-0.15, -0.1) is 0 Å². The molecule has 0 heterocycles. The summed E-state index contributed by atoms with van der Waals surface area (Å²) >= 11 is 0. The molecular weight excluding hydrogens is 236 g/mol. The number of carbonyl (C=O) groups excluding carboxylic acids is 1. The van der Waals surface area contributed by atoms with Crippen LogP contribution in [0.2, 0.25) is 0 Å². The molecular formula is C17H34O2. The van der Waals surface area contributed by atoms with Crippen LogP contribution in [0, 0.1) is 0 Å². The van der Waals surface area contributed by atoms with Gasteiger partial charge in [-0.2, -0.15) is 0 Å². The van der Waals surface area contributed by atoms with Gasteiger partial charge in [0.1, 0.15) is 6.10 Å². The second-order valence-electron chi connectivity index (χ2n) is 5.61. The second kappa shape index (κ2) is 13.9. The number of ether oxygens (including phenoxy) is 1. The number of hydrogen-bond donors (Lipinski definition) is 0. The minimum atomic E-state index is -0.140. The number of carbonyl (C=O) groups is 1. The van der Waals surface area contributed by atoms with E-state index in [1.54, 1.807) is 0 Å². The van der Waals surface area contributed by atoms with Gasteiger partial charge in [0.15, 0.2) is 0 Å². The molecule has 0 saturated carbocycles. The normalized spacial score (nSPS) is 12.4. The minimum Gasteiger partial charge on any atom is -0.463 e. The third-order valence-corrected chi connectivity index (χ3v) is 3.67. The van der Waals surface area contributed by atoms with Crippen molar-refractivity contribution in [1.82, 2.24) is 0 Å². The van der Waals surface area contributed by atoms with Crippen molar-refractivity contribution in [2.24, 2.45) is 0 Å². The third-order valence-electron chi connectivity index (χ3n) is 3.67. The molecule has 1 atom stereocenters. The van der Waals surface area contributed by atoms with E-state index >= 15 is 0 Å². The molecule has 0 aromatic heterocycles. The fraction of sp³-hybridized carbons (Fsp3) is 0.941. The number of esters is 1. The van der Waals surface area contributed by atoms with Gasteiger partial charge in [0.25, 0.3) is 0 Å². The molecule has 0 saturated heterocycles. The Kier molecular flexibility index (Phi) is 13.5. The van der Waals surface area contributed by atoms with Gasteiger partial charge in [-0.25, -0.2) is 0 Å². The zero-order valence-electron chi connectivity index (χ0n) is 13.4. The van der Waals surface area contributed by atoms with E-state index in [-0.39, 0.29) is 12.1 Å². The number of unbranched alkanes of at least 4 members (excludes halogenated alkanes) is 9. The molecule has 0 radical (unpaired) electrons. The van der Waals surface area contributed by atoms with Crippen LogP contribution in [0.5, 0.6) is 0 Å². The predicted molar refractivity (Wildman–Crippen MR) is 82.3 cm³/mol. The predicted octanol–water partition coefficient (Wildman–Crippen LogP) is 5.64. The summed E-state index contributed by atoms with van der Waals surface area (Å²) < 4.78 is 5.24. The van der Waals surface area contributed by atoms with Crippen molar-refractivity contribution >= 4 is 5.97 Å². The van der Waals surface area contributed by atoms with Crippen LogP contribution in [0.15, 0.2) is 0 Å². The lowest BCUT2D eigenvalue weighted by atomic mass is 10.0. The van der Waals surface area contributed by atoms with Gasteiger partial charge in [0, 0.05) is 6.92 Å². The molecule has 2 heteroatoms. The van der Waals surface area contributed by atoms with Crippen LogP contribution in [-0.4, -0.2) is 12.1 Å². The van der Waals surface area contributed by atoms with Crippen LogP contribution in [0.3, 0.4) is 0 Å². The van der Waals surface area contributed by atoms with Gasteiger partial charge in [-0.3, -0.25) is 4.79 Å². The summed E-state index contributed by atoms with van der Waals surface area (Å²) in [5.74, 6) is -0.140. The maximum atomic E-state index is 10.9. The Bertz CT molecular complexity index is 201. The summed E-state index contributed by atoms with van der Waals surface area (Å²) in [6.07, 6.45) is 15.7. The van der Waals surface area contributed by atoms with E-state index in [1.165, 1.54) is 71.1 Å². The summed E-state index contributed by atoms with van der Waals surface area (Å²) in [6.45, 7) is 5.85. The Morgan fingerprint density at radius 3 is 1.74 bits per heavy atom. The van der Waals surface area contributed by atoms with E-state index in [9.17, 15) is 4.79 Å². The van der Waals surface area contributed by atoms with Crippen LogP contribution < -0.4 is 0 Å². The Balaban J connectivity index is 3.23. The highest BCUT2D eigenvalue weighted by Gasteiger charge is 2.08. The van der Waals surface area contributed by atoms with Gasteiger partial charge in [-0.1, -0.05) is 71.6 Å². The van der Waals surface area contributed by atoms with Gasteiger partial charge in [-0.05, 0) is 19.3 Å². The Labute approximate surface area is 120 Å². The molecule has 0 aromatic rings. The lowest BCUT2D eigenvalue weighted by Crippen LogP contribution is -2.14. The zero-order chi connectivity index (χ0) is 14.3. The first-order valence-corrected chi connectivity index (χ1v) is 8.37. The lowest BCUT2D eigenvalue weighted by molar-refractivity contribution is -0.146. The molecule has 0 rings (SSSR count). The SMILES string of the molecule is CCCCCCCCCCCC[C@H](CC)OC(C)=O. The van der Waals surface area contributed by atoms with Gasteiger partial charge >= 0.3 is 5.97 Å². The molecule has 0 bridgehead atoms. The maximum Gasteiger partial charge on any atom is 0.302 e. The summed E-state index contributed by atoms with van der Waals surface area (Å²) in [4.78, 5) is 10.9. The fourth-order valence-electron chi connectivity index (χ4n) is 2.44. The maximum absolute atomic E-state index is 10.9. The van der Waals surface area contributed by atoms with Crippen LogP contribution in [0.25, 0.3) is 0 Å². The molecule has 0 N–H and O–H groups in total. The molecule has 0 aliphatic carbocycles. The standard InChI is InChI=1S/C17H34O2/c1-4-6-7-8-9-10-11-12-13-14-15-17(5-2)19-16(3)18/h17H,4-15H2,1-3H3/t17-/m0/s1. The molecule has 0 aliphatic heterocycles. The van der Waals surface area contributed by atoms with Crippen LogP contribution in [-0.2, 0) is 9.53 Å². The van der Waals surface area contributed by atoms with E-state index in [0.717, 1.165) is 12.8 Å². The van der Waals surface area contributed by atoms with Crippen molar-refractivity contribution in [3.8, 4) is 0 Å². The van der Waals surface area contributed by atoms with Crippen molar-refractivity contribution in [3.63, 3.8) is 0 Å². The highest BCUT2D eigenvalue weighted by atomic mass is 16.5. The van der Waals surface area contributed by atoms with Gasteiger partial charge in [0.05, 0.1) is 0 Å². The molecule has 0 aliphatic rings. The molecule has 2 nitrogen and oxygen atoms in total. The second-order valence-corrected chi connectivity index (χ2v) is 5.61. The van der Waals surface area contributed by atoms with Crippen molar-refractivity contribution in [1.29, 1.82) is 0 Å². The van der Waals surface area contributed by atoms with E-state index < -0.39 is 0 Å². The lowest BCUT2D eigenvalue weighted by Gasteiger charge is -2.14. The summed E-state index contributed by atoms with van der Waals surface area (Å²) in [5.41, 5.74) is 0. The first-order chi connectivity index (χ1) is 9.20. The van der Waals surface area contributed by atoms with E-state index in [1.807, 2.05) is 0 Å². The molecule has 0 fully saturated rings. The highest BCUT2D eigenvalue weighted by molar-refractivity contribution is 5.66. The van der Waals surface area contributed by atoms with E-state index in [0.29, 0.717) is 0 Å². The number of hydrogen-bond acceptors (Lipinski definition) is 2. The van der Waals surface area contributed by atoms with Crippen molar-refractivity contribution in [3.05, 3.63) is 0 Å². The largest absolute Gasteiger partial charge is 0.463 e. The van der Waals surface area contributed by atoms with Crippen LogP contribution in [0.1, 0.15) is 97.8 Å². The summed E-state index contributed by atoms with van der Waals surface area (Å²) in [6, 6.07) is 0. The quantitative estimate of drug-likeness (QED) is 0.320. The Hall–Kier alpha value is -0.530. The van der Waals surface area contributed by atoms with E-state index in [2.05, 4.69) is 13.8 Å². The van der Waals surface area contributed by atoms with Gasteiger partial charge < -0.3 is 4.74 Å². The third kappa shape index (κ3) is 13.7. The highest BCUT2D eigenvalue weighted by Crippen LogP contribution is 2.14. The number of rotatable bonds is 13. The monoisotopic (exact) mass is 270 g/mol. The first kappa shape index (κ1) is 18.5. The first-order valence-electron chi connectivity index (χ1n) is 8.37. The van der Waals surface area contributed by atoms with Crippen LogP contribution >= 0.6 is 0 Å². The zero-order valence-corrected chi connectivity index (χ0v) is 13.4. The summed E-state index contributed by atoms with van der Waals surface area (Å²) in [7, 11) is 0. The van der Waals surface area contributed by atoms with Crippen molar-refractivity contribution < 1.29 is 9.53 Å². The van der Waals surface area contributed by atoms with Crippen molar-refractivity contribution in [2.75, 3.05) is 0 Å². The molecule has 19 heavy (non-hydrogen) atoms. The average Bonchev–Trinajstić information content (AvgIpc) is 2.39. The van der Waals surface area contributed by atoms with Crippen LogP contribution in [0.4, 0.5) is 0 Å². The van der Waals surface area contributed by atoms with Gasteiger partial charge in [0.2, 0.25) is 0 Å². The smallest absolute Gasteiger partial charge is 0.302 e. The molecule has 114 valence electrons. The Morgan fingerprint density at radius 2 is 1.32 bits per heavy atom. The molecule has 0 aromatic carbocycles. The Morgan fingerprint density at radius 1 is 0.842 bits per heavy atom. The van der Waals surface area contributed by atoms with Crippen molar-refractivity contribution in [2.45, 2.75) is 104 Å².